The highest BCUT2D eigenvalue weighted by molar-refractivity contribution is 5.36. The fraction of sp³-hybridized carbons (Fsp3) is 0.429. The average Bonchev–Trinajstić information content (AvgIpc) is 2.24. The van der Waals surface area contributed by atoms with Crippen LogP contribution in [0, 0.1) is 6.92 Å². The Hall–Kier alpha value is -1.24. The van der Waals surface area contributed by atoms with Crippen LogP contribution in [0.2, 0.25) is 0 Å². The van der Waals surface area contributed by atoms with Crippen molar-refractivity contribution in [1.82, 2.24) is 0 Å². The minimum absolute atomic E-state index is 0.389. The summed E-state index contributed by atoms with van der Waals surface area (Å²) in [5.74, 6) is 0.958. The van der Waals surface area contributed by atoms with E-state index in [1.807, 2.05) is 13.0 Å². The Morgan fingerprint density at radius 2 is 2.13 bits per heavy atom. The molecule has 1 atom stereocenters. The number of rotatable bonds is 4. The largest absolute Gasteiger partial charge is 0.508 e. The standard InChI is InChI=1S/C14H20O/c1-4-6-7-12(5-2)13-8-9-14(15)11(3)10-13/h4,6,8-10,12,15H,5,7H2,1-3H3/b6-4-. The van der Waals surface area contributed by atoms with E-state index in [0.29, 0.717) is 11.7 Å². The second kappa shape index (κ2) is 5.59. The molecule has 0 saturated carbocycles. The Morgan fingerprint density at radius 1 is 1.40 bits per heavy atom. The second-order valence-corrected chi connectivity index (χ2v) is 3.96. The quantitative estimate of drug-likeness (QED) is 0.730. The van der Waals surface area contributed by atoms with Crippen LogP contribution in [0.4, 0.5) is 0 Å². The molecule has 0 aliphatic heterocycles. The molecular formula is C14H20O. The van der Waals surface area contributed by atoms with Gasteiger partial charge in [-0.25, -0.2) is 0 Å². The van der Waals surface area contributed by atoms with Gasteiger partial charge in [0.25, 0.3) is 0 Å². The lowest BCUT2D eigenvalue weighted by molar-refractivity contribution is 0.470. The van der Waals surface area contributed by atoms with Crippen molar-refractivity contribution in [3.05, 3.63) is 41.5 Å². The molecule has 0 saturated heterocycles. The number of benzene rings is 1. The molecule has 0 aliphatic carbocycles. The molecule has 1 rings (SSSR count). The summed E-state index contributed by atoms with van der Waals surface area (Å²) in [7, 11) is 0. The minimum atomic E-state index is 0.389. The van der Waals surface area contributed by atoms with Gasteiger partial charge < -0.3 is 5.11 Å². The zero-order valence-corrected chi connectivity index (χ0v) is 9.83. The second-order valence-electron chi connectivity index (χ2n) is 3.96. The highest BCUT2D eigenvalue weighted by atomic mass is 16.3. The Balaban J connectivity index is 2.87. The Morgan fingerprint density at radius 3 is 2.67 bits per heavy atom. The molecule has 0 bridgehead atoms. The first-order valence-corrected chi connectivity index (χ1v) is 5.59. The van der Waals surface area contributed by atoms with Gasteiger partial charge in [-0.2, -0.15) is 0 Å². The van der Waals surface area contributed by atoms with E-state index >= 15 is 0 Å². The zero-order valence-electron chi connectivity index (χ0n) is 9.83. The van der Waals surface area contributed by atoms with E-state index in [-0.39, 0.29) is 0 Å². The maximum atomic E-state index is 9.46. The van der Waals surface area contributed by atoms with Gasteiger partial charge in [-0.05, 0) is 49.8 Å². The van der Waals surface area contributed by atoms with Crippen LogP contribution in [-0.4, -0.2) is 5.11 Å². The highest BCUT2D eigenvalue weighted by Gasteiger charge is 2.08. The van der Waals surface area contributed by atoms with Crippen molar-refractivity contribution in [3.63, 3.8) is 0 Å². The maximum Gasteiger partial charge on any atom is 0.118 e. The minimum Gasteiger partial charge on any atom is -0.508 e. The number of phenols is 1. The van der Waals surface area contributed by atoms with Crippen LogP contribution in [0.5, 0.6) is 5.75 Å². The average molecular weight is 204 g/mol. The van der Waals surface area contributed by atoms with Crippen LogP contribution in [0.15, 0.2) is 30.4 Å². The lowest BCUT2D eigenvalue weighted by Gasteiger charge is -2.14. The maximum absolute atomic E-state index is 9.46. The van der Waals surface area contributed by atoms with E-state index < -0.39 is 0 Å². The summed E-state index contributed by atoms with van der Waals surface area (Å²) >= 11 is 0. The number of hydrogen-bond acceptors (Lipinski definition) is 1. The third-order valence-electron chi connectivity index (χ3n) is 2.84. The molecule has 1 nitrogen and oxygen atoms in total. The third-order valence-corrected chi connectivity index (χ3v) is 2.84. The van der Waals surface area contributed by atoms with Gasteiger partial charge >= 0.3 is 0 Å². The molecule has 0 aliphatic rings. The summed E-state index contributed by atoms with van der Waals surface area (Å²) in [6.45, 7) is 6.20. The van der Waals surface area contributed by atoms with Gasteiger partial charge in [0.15, 0.2) is 0 Å². The molecule has 1 heteroatoms. The zero-order chi connectivity index (χ0) is 11.3. The molecule has 1 aromatic rings. The molecule has 0 heterocycles. The van der Waals surface area contributed by atoms with Crippen LogP contribution in [0.25, 0.3) is 0 Å². The van der Waals surface area contributed by atoms with E-state index in [0.717, 1.165) is 18.4 Å². The van der Waals surface area contributed by atoms with Crippen molar-refractivity contribution < 1.29 is 5.11 Å². The molecule has 82 valence electrons. The highest BCUT2D eigenvalue weighted by Crippen LogP contribution is 2.27. The molecule has 1 unspecified atom stereocenters. The van der Waals surface area contributed by atoms with E-state index in [2.05, 4.69) is 32.1 Å². The molecule has 0 aromatic heterocycles. The Bertz CT molecular complexity index is 339. The summed E-state index contributed by atoms with van der Waals surface area (Å²) in [4.78, 5) is 0. The lowest BCUT2D eigenvalue weighted by atomic mass is 9.92. The first kappa shape index (κ1) is 11.8. The van der Waals surface area contributed by atoms with Crippen molar-refractivity contribution >= 4 is 0 Å². The molecule has 15 heavy (non-hydrogen) atoms. The number of allylic oxidation sites excluding steroid dienone is 2. The number of aromatic hydroxyl groups is 1. The fourth-order valence-electron chi connectivity index (χ4n) is 1.77. The Kier molecular flexibility index (Phi) is 4.41. The topological polar surface area (TPSA) is 20.2 Å². The number of hydrogen-bond donors (Lipinski definition) is 1. The van der Waals surface area contributed by atoms with E-state index in [1.54, 1.807) is 6.07 Å². The monoisotopic (exact) mass is 204 g/mol. The molecule has 0 fully saturated rings. The third kappa shape index (κ3) is 3.12. The van der Waals surface area contributed by atoms with Crippen molar-refractivity contribution in [2.75, 3.05) is 0 Å². The number of phenolic OH excluding ortho intramolecular Hbond substituents is 1. The van der Waals surface area contributed by atoms with Gasteiger partial charge in [-0.15, -0.1) is 0 Å². The van der Waals surface area contributed by atoms with Crippen molar-refractivity contribution in [2.24, 2.45) is 0 Å². The van der Waals surface area contributed by atoms with Crippen molar-refractivity contribution in [3.8, 4) is 5.75 Å². The Labute approximate surface area is 92.5 Å². The predicted octanol–water partition coefficient (Wildman–Crippen LogP) is 4.16. The van der Waals surface area contributed by atoms with E-state index in [1.165, 1.54) is 5.56 Å². The molecule has 1 aromatic carbocycles. The summed E-state index contributed by atoms with van der Waals surface area (Å²) in [5, 5.41) is 9.46. The molecule has 1 N–H and O–H groups in total. The van der Waals surface area contributed by atoms with Gasteiger partial charge in [0.2, 0.25) is 0 Å². The van der Waals surface area contributed by atoms with E-state index in [9.17, 15) is 5.11 Å². The van der Waals surface area contributed by atoms with Gasteiger partial charge in [-0.1, -0.05) is 31.2 Å². The molecule has 0 amide bonds. The smallest absolute Gasteiger partial charge is 0.118 e. The van der Waals surface area contributed by atoms with Crippen LogP contribution >= 0.6 is 0 Å². The summed E-state index contributed by atoms with van der Waals surface area (Å²) in [6, 6.07) is 5.91. The van der Waals surface area contributed by atoms with Crippen molar-refractivity contribution in [2.45, 2.75) is 39.5 Å². The summed E-state index contributed by atoms with van der Waals surface area (Å²) < 4.78 is 0. The number of aryl methyl sites for hydroxylation is 1. The summed E-state index contributed by atoms with van der Waals surface area (Å²) in [5.41, 5.74) is 2.29. The van der Waals surface area contributed by atoms with Crippen LogP contribution < -0.4 is 0 Å². The van der Waals surface area contributed by atoms with Crippen LogP contribution in [-0.2, 0) is 0 Å². The lowest BCUT2D eigenvalue weighted by Crippen LogP contribution is -1.96. The van der Waals surface area contributed by atoms with Gasteiger partial charge in [0.05, 0.1) is 0 Å². The van der Waals surface area contributed by atoms with Gasteiger partial charge in [0.1, 0.15) is 5.75 Å². The molecule has 0 radical (unpaired) electrons. The van der Waals surface area contributed by atoms with Gasteiger partial charge in [0, 0.05) is 0 Å². The first-order valence-electron chi connectivity index (χ1n) is 5.59. The van der Waals surface area contributed by atoms with Crippen molar-refractivity contribution in [1.29, 1.82) is 0 Å². The van der Waals surface area contributed by atoms with E-state index in [4.69, 9.17) is 0 Å². The predicted molar refractivity (Wildman–Crippen MR) is 65.3 cm³/mol. The normalized spacial score (nSPS) is 13.3. The first-order chi connectivity index (χ1) is 7.19. The SMILES string of the molecule is C/C=C\CC(CC)c1ccc(O)c(C)c1. The molecular weight excluding hydrogens is 184 g/mol. The molecule has 0 spiro atoms. The van der Waals surface area contributed by atoms with Crippen LogP contribution in [0.3, 0.4) is 0 Å². The fourth-order valence-corrected chi connectivity index (χ4v) is 1.77. The van der Waals surface area contributed by atoms with Gasteiger partial charge in [-0.3, -0.25) is 0 Å². The summed E-state index contributed by atoms with van der Waals surface area (Å²) in [6.07, 6.45) is 6.51. The van der Waals surface area contributed by atoms with Crippen LogP contribution in [0.1, 0.15) is 43.7 Å².